The molecule has 0 radical (unpaired) electrons. The van der Waals surface area contributed by atoms with Crippen molar-refractivity contribution in [1.82, 2.24) is 19.4 Å². The number of carbonyl (C=O) groups excluding carboxylic acids is 2. The van der Waals surface area contributed by atoms with Crippen LogP contribution in [-0.4, -0.2) is 64.9 Å². The summed E-state index contributed by atoms with van der Waals surface area (Å²) >= 11 is 0. The molecule has 0 saturated carbocycles. The third kappa shape index (κ3) is 5.47. The van der Waals surface area contributed by atoms with E-state index in [9.17, 15) is 14.4 Å². The second kappa shape index (κ2) is 9.84. The summed E-state index contributed by atoms with van der Waals surface area (Å²) in [5, 5.41) is 2.65. The van der Waals surface area contributed by atoms with Gasteiger partial charge in [-0.2, -0.15) is 0 Å². The fourth-order valence-corrected chi connectivity index (χ4v) is 3.75. The number of aryl methyl sites for hydroxylation is 1. The van der Waals surface area contributed by atoms with E-state index < -0.39 is 29.1 Å². The van der Waals surface area contributed by atoms with Crippen molar-refractivity contribution in [3.63, 3.8) is 0 Å². The molecule has 10 heteroatoms. The average molecular weight is 454 g/mol. The first kappa shape index (κ1) is 24.9. The number of nitrogens with one attached hydrogen (secondary N) is 1. The van der Waals surface area contributed by atoms with Gasteiger partial charge >= 0.3 is 11.7 Å². The number of nitrogens with zero attached hydrogens (tertiary/aromatic N) is 3. The van der Waals surface area contributed by atoms with E-state index in [4.69, 9.17) is 10.5 Å². The third-order valence-electron chi connectivity index (χ3n) is 5.45. The number of ether oxygens (including phenoxy) is 1. The predicted octanol–water partition coefficient (Wildman–Crippen LogP) is 1.32. The number of benzene rings is 1. The minimum Gasteiger partial charge on any atom is -0.379 e. The monoisotopic (exact) mass is 453 g/mol. The lowest BCUT2D eigenvalue weighted by Gasteiger charge is -2.28. The van der Waals surface area contributed by atoms with Gasteiger partial charge in [0.15, 0.2) is 0 Å². The van der Waals surface area contributed by atoms with Crippen LogP contribution in [0.5, 0.6) is 0 Å². The highest BCUT2D eigenvalue weighted by molar-refractivity contribution is 5.93. The van der Waals surface area contributed by atoms with Crippen LogP contribution in [0.4, 0.5) is 4.79 Å². The number of fused-ring (bicyclic) bond motifs is 1. The topological polar surface area (TPSA) is 112 Å². The highest BCUT2D eigenvalue weighted by atomic mass is 35.5. The van der Waals surface area contributed by atoms with E-state index in [1.807, 2.05) is 19.1 Å². The van der Waals surface area contributed by atoms with Crippen molar-refractivity contribution in [3.05, 3.63) is 34.2 Å². The summed E-state index contributed by atoms with van der Waals surface area (Å²) in [5.41, 5.74) is 6.60. The summed E-state index contributed by atoms with van der Waals surface area (Å²) in [6, 6.07) is 4.01. The van der Waals surface area contributed by atoms with Gasteiger partial charge in [-0.05, 0) is 30.0 Å². The first-order valence-corrected chi connectivity index (χ1v) is 10.2. The smallest absolute Gasteiger partial charge is 0.337 e. The van der Waals surface area contributed by atoms with Gasteiger partial charge in [0.1, 0.15) is 6.04 Å². The summed E-state index contributed by atoms with van der Waals surface area (Å²) in [6.07, 6.45) is 0. The molecule has 9 nitrogen and oxygen atoms in total. The second-order valence-electron chi connectivity index (χ2n) is 8.87. The van der Waals surface area contributed by atoms with Crippen molar-refractivity contribution in [3.8, 4) is 0 Å². The fourth-order valence-electron chi connectivity index (χ4n) is 3.75. The van der Waals surface area contributed by atoms with Crippen molar-refractivity contribution >= 4 is 35.4 Å². The molecule has 1 aromatic heterocycles. The lowest BCUT2D eigenvalue weighted by molar-refractivity contribution is -0.122. The van der Waals surface area contributed by atoms with Crippen molar-refractivity contribution in [1.29, 1.82) is 0 Å². The molecule has 3 N–H and O–H groups in total. The van der Waals surface area contributed by atoms with Crippen LogP contribution in [0.2, 0.25) is 0 Å². The Bertz CT molecular complexity index is 1000. The number of hydrogen-bond acceptors (Lipinski definition) is 5. The highest BCUT2D eigenvalue weighted by Crippen LogP contribution is 2.20. The van der Waals surface area contributed by atoms with Crippen LogP contribution in [-0.2, 0) is 16.1 Å². The van der Waals surface area contributed by atoms with Crippen LogP contribution in [0, 0.1) is 12.3 Å². The zero-order chi connectivity index (χ0) is 22.1. The molecule has 1 saturated heterocycles. The van der Waals surface area contributed by atoms with E-state index in [2.05, 4.69) is 10.2 Å². The van der Waals surface area contributed by atoms with Crippen molar-refractivity contribution in [2.24, 2.45) is 11.1 Å². The second-order valence-corrected chi connectivity index (χ2v) is 8.87. The van der Waals surface area contributed by atoms with Gasteiger partial charge in [0.05, 0.1) is 24.2 Å². The predicted molar refractivity (Wildman–Crippen MR) is 122 cm³/mol. The summed E-state index contributed by atoms with van der Waals surface area (Å²) < 4.78 is 8.08. The van der Waals surface area contributed by atoms with Crippen molar-refractivity contribution < 1.29 is 14.3 Å². The maximum Gasteiger partial charge on any atom is 0.337 e. The van der Waals surface area contributed by atoms with Gasteiger partial charge in [0, 0.05) is 26.2 Å². The molecule has 0 aliphatic carbocycles. The van der Waals surface area contributed by atoms with Crippen LogP contribution in [0.15, 0.2) is 23.0 Å². The number of carbonyl (C=O) groups is 2. The van der Waals surface area contributed by atoms with Crippen LogP contribution in [0.25, 0.3) is 11.0 Å². The van der Waals surface area contributed by atoms with E-state index in [-0.39, 0.29) is 12.4 Å². The molecular formula is C21H32ClN5O4. The minimum absolute atomic E-state index is 0. The molecule has 172 valence electrons. The van der Waals surface area contributed by atoms with E-state index >= 15 is 0 Å². The largest absolute Gasteiger partial charge is 0.379 e. The molecule has 31 heavy (non-hydrogen) atoms. The Hall–Kier alpha value is -2.36. The number of morpholine rings is 1. The molecule has 1 atom stereocenters. The summed E-state index contributed by atoms with van der Waals surface area (Å²) in [5.74, 6) is -0.642. The summed E-state index contributed by atoms with van der Waals surface area (Å²) in [7, 11) is 0. The zero-order valence-electron chi connectivity index (χ0n) is 18.5. The Morgan fingerprint density at radius 3 is 2.39 bits per heavy atom. The van der Waals surface area contributed by atoms with Gasteiger partial charge in [-0.1, -0.05) is 26.8 Å². The lowest BCUT2D eigenvalue weighted by atomic mass is 9.86. The number of rotatable bonds is 5. The lowest BCUT2D eigenvalue weighted by Crippen LogP contribution is -2.54. The van der Waals surface area contributed by atoms with Crippen LogP contribution < -0.4 is 16.7 Å². The molecule has 1 aliphatic heterocycles. The summed E-state index contributed by atoms with van der Waals surface area (Å²) in [6.45, 7) is 11.5. The van der Waals surface area contributed by atoms with Crippen LogP contribution in [0.1, 0.15) is 26.3 Å². The van der Waals surface area contributed by atoms with Crippen LogP contribution in [0.3, 0.4) is 0 Å². The van der Waals surface area contributed by atoms with E-state index in [1.54, 1.807) is 31.4 Å². The first-order chi connectivity index (χ1) is 14.1. The number of halogens is 1. The normalized spacial score (nSPS) is 16.0. The highest BCUT2D eigenvalue weighted by Gasteiger charge is 2.32. The Kier molecular flexibility index (Phi) is 7.91. The van der Waals surface area contributed by atoms with Gasteiger partial charge in [-0.25, -0.2) is 14.2 Å². The molecular weight excluding hydrogens is 422 g/mol. The van der Waals surface area contributed by atoms with Crippen molar-refractivity contribution in [2.75, 3.05) is 32.8 Å². The molecule has 2 heterocycles. The third-order valence-corrected chi connectivity index (χ3v) is 5.45. The maximum atomic E-state index is 13.2. The maximum absolute atomic E-state index is 13.2. The Balaban J connectivity index is 0.00000341. The molecule has 0 unspecified atom stereocenters. The Morgan fingerprint density at radius 1 is 1.16 bits per heavy atom. The van der Waals surface area contributed by atoms with E-state index in [1.165, 1.54) is 0 Å². The number of amides is 2. The number of hydrogen-bond donors (Lipinski definition) is 2. The Morgan fingerprint density at radius 2 is 1.81 bits per heavy atom. The summed E-state index contributed by atoms with van der Waals surface area (Å²) in [4.78, 5) is 40.4. The van der Waals surface area contributed by atoms with Gasteiger partial charge in [-0.3, -0.25) is 14.3 Å². The number of nitrogens with two attached hydrogens (primary N) is 1. The van der Waals surface area contributed by atoms with Gasteiger partial charge in [0.2, 0.25) is 5.91 Å². The molecule has 1 fully saturated rings. The standard InChI is InChI=1S/C21H31N5O4.ClH/c1-14-5-6-15-16(13-14)26(19(28)23-17(18(22)27)21(2,3)4)20(29)25(15)8-7-24-9-11-30-12-10-24;/h5-6,13,17H,7-12H2,1-4H3,(H2,22,27)(H,23,28);1H/t17-;/m1./s1. The molecule has 3 rings (SSSR count). The molecule has 0 bridgehead atoms. The van der Waals surface area contributed by atoms with Gasteiger partial charge in [-0.15, -0.1) is 12.4 Å². The quantitative estimate of drug-likeness (QED) is 0.709. The van der Waals surface area contributed by atoms with Gasteiger partial charge in [0.25, 0.3) is 0 Å². The average Bonchev–Trinajstić information content (AvgIpc) is 2.94. The molecule has 1 aromatic carbocycles. The number of aromatic nitrogens is 2. The SMILES string of the molecule is Cc1ccc2c(c1)n(C(=O)N[C@H](C(N)=O)C(C)(C)C)c(=O)n2CCN1CCOCC1.Cl. The fraction of sp³-hybridized carbons (Fsp3) is 0.571. The number of primary amides is 1. The van der Waals surface area contributed by atoms with Crippen molar-refractivity contribution in [2.45, 2.75) is 40.3 Å². The molecule has 0 spiro atoms. The van der Waals surface area contributed by atoms with Crippen LogP contribution >= 0.6 is 12.4 Å². The Labute approximate surface area is 187 Å². The number of imidazole rings is 1. The zero-order valence-corrected chi connectivity index (χ0v) is 19.3. The van der Waals surface area contributed by atoms with E-state index in [0.717, 1.165) is 23.2 Å². The van der Waals surface area contributed by atoms with Gasteiger partial charge < -0.3 is 15.8 Å². The molecule has 2 amide bonds. The minimum atomic E-state index is -0.909. The first-order valence-electron chi connectivity index (χ1n) is 10.2. The van der Waals surface area contributed by atoms with E-state index in [0.29, 0.717) is 37.3 Å². The molecule has 2 aromatic rings. The molecule has 1 aliphatic rings.